The fourth-order valence-electron chi connectivity index (χ4n) is 2.88. The lowest BCUT2D eigenvalue weighted by Gasteiger charge is -2.29. The van der Waals surface area contributed by atoms with Crippen molar-refractivity contribution < 1.29 is 19.0 Å². The minimum absolute atomic E-state index is 0.432. The van der Waals surface area contributed by atoms with Crippen LogP contribution in [0.2, 0.25) is 0 Å². The summed E-state index contributed by atoms with van der Waals surface area (Å²) in [5.41, 5.74) is 1.81. The van der Waals surface area contributed by atoms with Crippen molar-refractivity contribution in [3.05, 3.63) is 41.4 Å². The largest absolute Gasteiger partial charge is 0.493 e. The molecule has 0 saturated heterocycles. The number of methoxy groups -OCH3 is 3. The number of rotatable bonds is 4. The van der Waals surface area contributed by atoms with Gasteiger partial charge in [0.1, 0.15) is 12.4 Å². The molecule has 1 atom stereocenters. The van der Waals surface area contributed by atoms with Gasteiger partial charge in [-0.3, -0.25) is 0 Å². The quantitative estimate of drug-likeness (QED) is 0.855. The first-order chi connectivity index (χ1) is 11.6. The highest BCUT2D eigenvalue weighted by Crippen LogP contribution is 2.42. The zero-order valence-electron chi connectivity index (χ0n) is 13.9. The molecular formula is C16H18N4O4. The van der Waals surface area contributed by atoms with Crippen LogP contribution in [-0.4, -0.2) is 42.1 Å². The number of hydrogen-bond acceptors (Lipinski definition) is 7. The van der Waals surface area contributed by atoms with Gasteiger partial charge in [-0.05, 0) is 13.0 Å². The second-order valence-corrected chi connectivity index (χ2v) is 5.17. The molecule has 0 radical (unpaired) electrons. The number of carbonyl (C=O) groups is 1. The number of para-hydroxylation sites is 1. The second kappa shape index (κ2) is 6.23. The van der Waals surface area contributed by atoms with E-state index in [2.05, 4.69) is 15.4 Å². The highest BCUT2D eigenvalue weighted by molar-refractivity contribution is 5.92. The predicted molar refractivity (Wildman–Crippen MR) is 86.0 cm³/mol. The molecule has 8 nitrogen and oxygen atoms in total. The molecule has 1 aromatic heterocycles. The fraction of sp³-hybridized carbons (Fsp3) is 0.312. The van der Waals surface area contributed by atoms with E-state index in [0.717, 1.165) is 5.56 Å². The Morgan fingerprint density at radius 3 is 2.71 bits per heavy atom. The lowest BCUT2D eigenvalue weighted by molar-refractivity contribution is -0.136. The van der Waals surface area contributed by atoms with Gasteiger partial charge in [-0.15, -0.1) is 0 Å². The van der Waals surface area contributed by atoms with E-state index < -0.39 is 12.0 Å². The van der Waals surface area contributed by atoms with Crippen molar-refractivity contribution in [3.8, 4) is 11.5 Å². The van der Waals surface area contributed by atoms with Crippen LogP contribution in [-0.2, 0) is 9.53 Å². The van der Waals surface area contributed by atoms with Gasteiger partial charge in [-0.1, -0.05) is 12.1 Å². The normalized spacial score (nSPS) is 16.2. The maximum atomic E-state index is 12.4. The smallest absolute Gasteiger partial charge is 0.338 e. The van der Waals surface area contributed by atoms with E-state index in [1.807, 2.05) is 12.1 Å². The van der Waals surface area contributed by atoms with Crippen molar-refractivity contribution in [2.45, 2.75) is 13.0 Å². The van der Waals surface area contributed by atoms with Crippen LogP contribution in [0.1, 0.15) is 18.5 Å². The second-order valence-electron chi connectivity index (χ2n) is 5.17. The van der Waals surface area contributed by atoms with E-state index >= 15 is 0 Å². The number of benzene rings is 1. The molecular weight excluding hydrogens is 312 g/mol. The van der Waals surface area contributed by atoms with Gasteiger partial charge in [-0.2, -0.15) is 10.1 Å². The maximum Gasteiger partial charge on any atom is 0.338 e. The number of hydrogen-bond donors (Lipinski definition) is 1. The summed E-state index contributed by atoms with van der Waals surface area (Å²) < 4.78 is 17.5. The standard InChI is InChI=1S/C16H18N4O4/c1-9-12(15(21)24-4)13(20-16(19-9)17-8-18-20)10-6-5-7-11(22-2)14(10)23-3/h5-8,13H,1-4H3,(H,17,18,19). The van der Waals surface area contributed by atoms with Crippen LogP contribution in [0.3, 0.4) is 0 Å². The van der Waals surface area contributed by atoms with E-state index in [4.69, 9.17) is 14.2 Å². The molecule has 0 amide bonds. The minimum atomic E-state index is -0.541. The van der Waals surface area contributed by atoms with Crippen molar-refractivity contribution >= 4 is 11.9 Å². The SMILES string of the molecule is COC(=O)C1=C(C)Nc2ncnn2C1c1cccc(OC)c1OC. The average molecular weight is 330 g/mol. The molecule has 0 fully saturated rings. The molecule has 0 aliphatic carbocycles. The number of aromatic nitrogens is 3. The first-order valence-corrected chi connectivity index (χ1v) is 7.28. The van der Waals surface area contributed by atoms with Crippen LogP contribution in [0, 0.1) is 0 Å². The first kappa shape index (κ1) is 15.9. The minimum Gasteiger partial charge on any atom is -0.493 e. The number of allylic oxidation sites excluding steroid dienone is 1. The molecule has 1 aliphatic rings. The molecule has 24 heavy (non-hydrogen) atoms. The van der Waals surface area contributed by atoms with E-state index in [-0.39, 0.29) is 0 Å². The molecule has 1 unspecified atom stereocenters. The summed E-state index contributed by atoms with van der Waals surface area (Å²) >= 11 is 0. The molecule has 1 aliphatic heterocycles. The summed E-state index contributed by atoms with van der Waals surface area (Å²) in [5, 5.41) is 7.32. The van der Waals surface area contributed by atoms with E-state index in [1.54, 1.807) is 31.9 Å². The number of ether oxygens (including phenoxy) is 3. The summed E-state index contributed by atoms with van der Waals surface area (Å²) in [6.07, 6.45) is 1.43. The summed E-state index contributed by atoms with van der Waals surface area (Å²) in [7, 11) is 4.46. The van der Waals surface area contributed by atoms with E-state index in [1.165, 1.54) is 13.4 Å². The molecule has 1 N–H and O–H groups in total. The molecule has 126 valence electrons. The van der Waals surface area contributed by atoms with E-state index in [0.29, 0.717) is 28.7 Å². The summed E-state index contributed by atoms with van der Waals surface area (Å²) in [6.45, 7) is 1.80. The Labute approximate surface area is 139 Å². The Kier molecular flexibility index (Phi) is 4.11. The third kappa shape index (κ3) is 2.36. The average Bonchev–Trinajstić information content (AvgIpc) is 3.06. The molecule has 8 heteroatoms. The Hall–Kier alpha value is -3.03. The number of carbonyl (C=O) groups excluding carboxylic acids is 1. The Morgan fingerprint density at radius 2 is 2.04 bits per heavy atom. The van der Waals surface area contributed by atoms with Gasteiger partial charge < -0.3 is 19.5 Å². The van der Waals surface area contributed by atoms with Crippen LogP contribution >= 0.6 is 0 Å². The molecule has 0 saturated carbocycles. The number of esters is 1. The summed E-state index contributed by atoms with van der Waals surface area (Å²) in [6, 6.07) is 4.94. The number of nitrogens with one attached hydrogen (secondary N) is 1. The zero-order valence-corrected chi connectivity index (χ0v) is 13.9. The lowest BCUT2D eigenvalue weighted by Crippen LogP contribution is -2.29. The van der Waals surface area contributed by atoms with Crippen LogP contribution in [0.4, 0.5) is 5.95 Å². The van der Waals surface area contributed by atoms with Crippen LogP contribution in [0.25, 0.3) is 0 Å². The van der Waals surface area contributed by atoms with Crippen LogP contribution in [0.5, 0.6) is 11.5 Å². The molecule has 2 aromatic rings. The van der Waals surface area contributed by atoms with Crippen molar-refractivity contribution in [1.29, 1.82) is 0 Å². The van der Waals surface area contributed by atoms with Gasteiger partial charge in [0.2, 0.25) is 5.95 Å². The summed E-state index contributed by atoms with van der Waals surface area (Å²) in [5.74, 6) is 1.19. The van der Waals surface area contributed by atoms with Gasteiger partial charge in [0.25, 0.3) is 0 Å². The Balaban J connectivity index is 2.26. The third-order valence-corrected chi connectivity index (χ3v) is 3.93. The number of nitrogens with zero attached hydrogens (tertiary/aromatic N) is 3. The molecule has 2 heterocycles. The monoisotopic (exact) mass is 330 g/mol. The van der Waals surface area contributed by atoms with Crippen LogP contribution < -0.4 is 14.8 Å². The van der Waals surface area contributed by atoms with Crippen molar-refractivity contribution in [1.82, 2.24) is 14.8 Å². The van der Waals surface area contributed by atoms with Gasteiger partial charge in [0, 0.05) is 11.3 Å². The first-order valence-electron chi connectivity index (χ1n) is 7.28. The zero-order chi connectivity index (χ0) is 17.3. The number of anilines is 1. The predicted octanol–water partition coefficient (Wildman–Crippen LogP) is 1.76. The fourth-order valence-corrected chi connectivity index (χ4v) is 2.88. The molecule has 0 bridgehead atoms. The molecule has 3 rings (SSSR count). The van der Waals surface area contributed by atoms with Gasteiger partial charge in [0.15, 0.2) is 11.5 Å². The van der Waals surface area contributed by atoms with Crippen molar-refractivity contribution in [2.75, 3.05) is 26.6 Å². The number of fused-ring (bicyclic) bond motifs is 1. The molecule has 0 spiro atoms. The Bertz CT molecular complexity index is 812. The van der Waals surface area contributed by atoms with Gasteiger partial charge >= 0.3 is 5.97 Å². The highest BCUT2D eigenvalue weighted by Gasteiger charge is 2.36. The van der Waals surface area contributed by atoms with Crippen molar-refractivity contribution in [3.63, 3.8) is 0 Å². The molecule has 1 aromatic carbocycles. The maximum absolute atomic E-state index is 12.4. The van der Waals surface area contributed by atoms with Gasteiger partial charge in [-0.25, -0.2) is 9.48 Å². The van der Waals surface area contributed by atoms with Gasteiger partial charge in [0.05, 0.1) is 26.9 Å². The van der Waals surface area contributed by atoms with Crippen LogP contribution in [0.15, 0.2) is 35.8 Å². The third-order valence-electron chi connectivity index (χ3n) is 3.93. The summed E-state index contributed by atoms with van der Waals surface area (Å²) in [4.78, 5) is 16.6. The Morgan fingerprint density at radius 1 is 1.25 bits per heavy atom. The highest BCUT2D eigenvalue weighted by atomic mass is 16.5. The van der Waals surface area contributed by atoms with E-state index in [9.17, 15) is 4.79 Å². The van der Waals surface area contributed by atoms with Crippen molar-refractivity contribution in [2.24, 2.45) is 0 Å². The lowest BCUT2D eigenvalue weighted by atomic mass is 9.94. The topological polar surface area (TPSA) is 87.5 Å².